The summed E-state index contributed by atoms with van der Waals surface area (Å²) in [6, 6.07) is 16.0. The van der Waals surface area contributed by atoms with E-state index < -0.39 is 0 Å². The Morgan fingerprint density at radius 1 is 0.846 bits per heavy atom. The molecule has 2 heteroatoms. The topological polar surface area (TPSA) is 12.4 Å². The van der Waals surface area contributed by atoms with E-state index in [1.807, 2.05) is 53.9 Å². The van der Waals surface area contributed by atoms with Crippen LogP contribution in [0.25, 0.3) is 0 Å². The molecule has 0 radical (unpaired) electrons. The van der Waals surface area contributed by atoms with E-state index in [1.165, 1.54) is 0 Å². The first-order chi connectivity index (χ1) is 6.45. The van der Waals surface area contributed by atoms with Crippen molar-refractivity contribution in [1.82, 2.24) is 0 Å². The third-order valence-corrected chi connectivity index (χ3v) is 2.37. The lowest BCUT2D eigenvalue weighted by molar-refractivity contribution is 1.41. The highest BCUT2D eigenvalue weighted by atomic mass is 32.1. The monoisotopic (exact) mass is 187 g/mol. The van der Waals surface area contributed by atoms with Crippen LogP contribution >= 0.6 is 11.3 Å². The molecular weight excluding hydrogens is 178 g/mol. The molecule has 0 aliphatic rings. The van der Waals surface area contributed by atoms with Gasteiger partial charge in [0.05, 0.1) is 5.69 Å². The van der Waals surface area contributed by atoms with Crippen LogP contribution < -0.4 is 4.67 Å². The van der Waals surface area contributed by atoms with Gasteiger partial charge in [-0.1, -0.05) is 30.3 Å². The van der Waals surface area contributed by atoms with Gasteiger partial charge in [0.2, 0.25) is 0 Å². The Hall–Kier alpha value is -1.41. The van der Waals surface area contributed by atoms with Crippen molar-refractivity contribution in [2.45, 2.75) is 0 Å². The molecule has 0 saturated heterocycles. The molecule has 0 fully saturated rings. The lowest BCUT2D eigenvalue weighted by atomic mass is 10.3. The summed E-state index contributed by atoms with van der Waals surface area (Å²) >= 11 is 1.64. The second kappa shape index (κ2) is 4.01. The van der Waals surface area contributed by atoms with Crippen molar-refractivity contribution in [3.63, 3.8) is 0 Å². The summed E-state index contributed by atoms with van der Waals surface area (Å²) in [5.41, 5.74) is 1.00. The van der Waals surface area contributed by atoms with Crippen LogP contribution in [0.2, 0.25) is 0 Å². The largest absolute Gasteiger partial charge is 0.238 e. The molecule has 64 valence electrons. The lowest BCUT2D eigenvalue weighted by Gasteiger charge is -1.89. The van der Waals surface area contributed by atoms with Crippen LogP contribution in [-0.4, -0.2) is 0 Å². The lowest BCUT2D eigenvalue weighted by Crippen LogP contribution is -1.91. The third kappa shape index (κ3) is 2.26. The maximum atomic E-state index is 4.46. The second-order valence-corrected chi connectivity index (χ2v) is 3.52. The fraction of sp³-hybridized carbons (Fsp3) is 0. The first-order valence-electron chi connectivity index (χ1n) is 4.09. The third-order valence-electron chi connectivity index (χ3n) is 1.61. The summed E-state index contributed by atoms with van der Waals surface area (Å²) in [5, 5.41) is 2.03. The minimum Gasteiger partial charge on any atom is -0.238 e. The Bertz CT molecular complexity index is 414. The molecule has 1 nitrogen and oxygen atoms in total. The van der Waals surface area contributed by atoms with E-state index in [0.29, 0.717) is 0 Å². The van der Waals surface area contributed by atoms with Gasteiger partial charge in [-0.3, -0.25) is 0 Å². The fourth-order valence-electron chi connectivity index (χ4n) is 1.02. The van der Waals surface area contributed by atoms with E-state index in [1.54, 1.807) is 11.3 Å². The Balaban J connectivity index is 2.43. The molecular formula is C11H9NS. The van der Waals surface area contributed by atoms with Gasteiger partial charge in [-0.25, -0.2) is 4.99 Å². The minimum absolute atomic E-state index is 1.00. The first kappa shape index (κ1) is 8.20. The summed E-state index contributed by atoms with van der Waals surface area (Å²) in [6.45, 7) is 0. The number of hydrogen-bond acceptors (Lipinski definition) is 2. The smallest absolute Gasteiger partial charge is 0.116 e. The Morgan fingerprint density at radius 3 is 2.31 bits per heavy atom. The van der Waals surface area contributed by atoms with Crippen LogP contribution in [0.1, 0.15) is 0 Å². The molecule has 1 aromatic carbocycles. The molecule has 0 N–H and O–H groups in total. The number of benzene rings is 1. The van der Waals surface area contributed by atoms with Gasteiger partial charge in [-0.05, 0) is 23.6 Å². The molecule has 0 aliphatic carbocycles. The molecule has 0 saturated carbocycles. The number of para-hydroxylation sites is 1. The van der Waals surface area contributed by atoms with E-state index in [0.717, 1.165) is 10.4 Å². The van der Waals surface area contributed by atoms with Crippen molar-refractivity contribution in [3.05, 3.63) is 58.6 Å². The van der Waals surface area contributed by atoms with Gasteiger partial charge < -0.3 is 0 Å². The van der Waals surface area contributed by atoms with Gasteiger partial charge in [0.15, 0.2) is 0 Å². The van der Waals surface area contributed by atoms with Gasteiger partial charge in [-0.2, -0.15) is 0 Å². The molecule has 2 rings (SSSR count). The van der Waals surface area contributed by atoms with Crippen LogP contribution in [0.3, 0.4) is 0 Å². The quantitative estimate of drug-likeness (QED) is 0.651. The maximum Gasteiger partial charge on any atom is 0.116 e. The predicted molar refractivity (Wildman–Crippen MR) is 56.0 cm³/mol. The number of hydrogen-bond donors (Lipinski definition) is 0. The molecule has 13 heavy (non-hydrogen) atoms. The summed E-state index contributed by atoms with van der Waals surface area (Å²) in [4.78, 5) is 4.46. The average Bonchev–Trinajstić information content (AvgIpc) is 2.21. The second-order valence-electron chi connectivity index (χ2n) is 2.59. The summed E-state index contributed by atoms with van der Waals surface area (Å²) < 4.78 is 1.04. The zero-order valence-corrected chi connectivity index (χ0v) is 7.87. The van der Waals surface area contributed by atoms with Crippen LogP contribution in [-0.2, 0) is 0 Å². The van der Waals surface area contributed by atoms with Gasteiger partial charge in [0, 0.05) is 0 Å². The normalized spacial score (nSPS) is 11.5. The van der Waals surface area contributed by atoms with Crippen molar-refractivity contribution in [1.29, 1.82) is 0 Å². The highest BCUT2D eigenvalue weighted by Crippen LogP contribution is 2.08. The van der Waals surface area contributed by atoms with Crippen LogP contribution in [0.5, 0.6) is 0 Å². The van der Waals surface area contributed by atoms with E-state index in [-0.39, 0.29) is 0 Å². The fourth-order valence-corrected chi connectivity index (χ4v) is 1.65. The molecule has 1 aromatic heterocycles. The van der Waals surface area contributed by atoms with Crippen molar-refractivity contribution in [2.75, 3.05) is 0 Å². The molecule has 0 spiro atoms. The molecule has 0 bridgehead atoms. The van der Waals surface area contributed by atoms with Crippen LogP contribution in [0, 0.1) is 0 Å². The van der Waals surface area contributed by atoms with Crippen molar-refractivity contribution >= 4 is 17.0 Å². The van der Waals surface area contributed by atoms with Gasteiger partial charge in [-0.15, -0.1) is 11.3 Å². The zero-order valence-electron chi connectivity index (χ0n) is 7.05. The number of nitrogens with zero attached hydrogens (tertiary/aromatic N) is 1. The minimum atomic E-state index is 1.00. The van der Waals surface area contributed by atoms with E-state index in [4.69, 9.17) is 0 Å². The van der Waals surface area contributed by atoms with Crippen molar-refractivity contribution < 1.29 is 0 Å². The van der Waals surface area contributed by atoms with Crippen LogP contribution in [0.4, 0.5) is 5.69 Å². The van der Waals surface area contributed by atoms with Gasteiger partial charge in [0.1, 0.15) is 4.67 Å². The van der Waals surface area contributed by atoms with Gasteiger partial charge >= 0.3 is 0 Å². The standard InChI is InChI=1S/C11H9NS/c1-2-6-10(7-3-1)12-11-8-4-5-9-13-11/h1-9H. The van der Waals surface area contributed by atoms with Crippen molar-refractivity contribution in [3.8, 4) is 0 Å². The maximum absolute atomic E-state index is 4.46. The molecule has 0 unspecified atom stereocenters. The molecule has 0 atom stereocenters. The van der Waals surface area contributed by atoms with Crippen LogP contribution in [0.15, 0.2) is 58.9 Å². The molecule has 0 aliphatic heterocycles. The van der Waals surface area contributed by atoms with E-state index in [9.17, 15) is 0 Å². The molecule has 1 heterocycles. The van der Waals surface area contributed by atoms with Crippen molar-refractivity contribution in [2.24, 2.45) is 4.99 Å². The summed E-state index contributed by atoms with van der Waals surface area (Å²) in [7, 11) is 0. The zero-order chi connectivity index (χ0) is 8.93. The Kier molecular flexibility index (Phi) is 2.53. The average molecular weight is 187 g/mol. The summed E-state index contributed by atoms with van der Waals surface area (Å²) in [5.74, 6) is 0. The Labute approximate surface area is 81.0 Å². The SMILES string of the molecule is c1ccc(N=c2ccccs2)cc1. The van der Waals surface area contributed by atoms with E-state index >= 15 is 0 Å². The highest BCUT2D eigenvalue weighted by Gasteiger charge is 1.84. The van der Waals surface area contributed by atoms with E-state index in [2.05, 4.69) is 4.99 Å². The molecule has 0 amide bonds. The predicted octanol–water partition coefficient (Wildman–Crippen LogP) is 2.98. The molecule has 2 aromatic rings. The summed E-state index contributed by atoms with van der Waals surface area (Å²) in [6.07, 6.45) is 0. The highest BCUT2D eigenvalue weighted by molar-refractivity contribution is 7.07. The first-order valence-corrected chi connectivity index (χ1v) is 4.97. The Morgan fingerprint density at radius 2 is 1.62 bits per heavy atom. The van der Waals surface area contributed by atoms with Gasteiger partial charge in [0.25, 0.3) is 0 Å². The number of rotatable bonds is 1.